The van der Waals surface area contributed by atoms with Crippen LogP contribution in [0, 0.1) is 13.8 Å². The second-order valence-electron chi connectivity index (χ2n) is 6.75. The van der Waals surface area contributed by atoms with Crippen LogP contribution in [0.3, 0.4) is 0 Å². The minimum atomic E-state index is -0.220. The number of rotatable bonds is 3. The molecule has 0 unspecified atom stereocenters. The third-order valence-corrected chi connectivity index (χ3v) is 4.94. The Morgan fingerprint density at radius 2 is 1.92 bits per heavy atom. The van der Waals surface area contributed by atoms with Gasteiger partial charge in [0.05, 0.1) is 0 Å². The maximum Gasteiger partial charge on any atom is 0.265 e. The second kappa shape index (κ2) is 7.20. The van der Waals surface area contributed by atoms with E-state index in [2.05, 4.69) is 10.3 Å². The molecule has 1 saturated carbocycles. The molecule has 1 aliphatic carbocycles. The SMILES string of the molecule is Cc1oc2ncn(CC(=O)NC3CCCCCCC3)c(=O)c2c1C. The van der Waals surface area contributed by atoms with Crippen molar-refractivity contribution < 1.29 is 9.21 Å². The van der Waals surface area contributed by atoms with Crippen LogP contribution in [0.1, 0.15) is 56.3 Å². The van der Waals surface area contributed by atoms with E-state index in [0.717, 1.165) is 31.2 Å². The van der Waals surface area contributed by atoms with Crippen LogP contribution < -0.4 is 10.9 Å². The maximum absolute atomic E-state index is 12.6. The summed E-state index contributed by atoms with van der Waals surface area (Å²) in [6.45, 7) is 3.65. The smallest absolute Gasteiger partial charge is 0.265 e. The second-order valence-corrected chi connectivity index (χ2v) is 6.75. The number of carbonyl (C=O) groups is 1. The first-order valence-corrected chi connectivity index (χ1v) is 8.81. The summed E-state index contributed by atoms with van der Waals surface area (Å²) in [4.78, 5) is 29.1. The first-order chi connectivity index (χ1) is 11.6. The molecular formula is C18H25N3O3. The van der Waals surface area contributed by atoms with E-state index in [0.29, 0.717) is 16.9 Å². The zero-order valence-electron chi connectivity index (χ0n) is 14.4. The molecule has 0 aliphatic heterocycles. The molecule has 0 saturated heterocycles. The van der Waals surface area contributed by atoms with E-state index in [1.807, 2.05) is 13.8 Å². The molecule has 1 aliphatic rings. The molecule has 24 heavy (non-hydrogen) atoms. The lowest BCUT2D eigenvalue weighted by Gasteiger charge is -2.21. The molecule has 3 rings (SSSR count). The Morgan fingerprint density at radius 3 is 2.62 bits per heavy atom. The highest BCUT2D eigenvalue weighted by atomic mass is 16.3. The van der Waals surface area contributed by atoms with Crippen molar-refractivity contribution in [1.29, 1.82) is 0 Å². The van der Waals surface area contributed by atoms with Gasteiger partial charge in [-0.3, -0.25) is 14.2 Å². The molecule has 1 fully saturated rings. The lowest BCUT2D eigenvalue weighted by molar-refractivity contribution is -0.122. The summed E-state index contributed by atoms with van der Waals surface area (Å²) in [5.41, 5.74) is 0.908. The van der Waals surface area contributed by atoms with Gasteiger partial charge in [0.25, 0.3) is 5.56 Å². The highest BCUT2D eigenvalue weighted by Gasteiger charge is 2.17. The zero-order chi connectivity index (χ0) is 17.1. The van der Waals surface area contributed by atoms with Gasteiger partial charge in [-0.05, 0) is 26.7 Å². The Kier molecular flexibility index (Phi) is 5.02. The van der Waals surface area contributed by atoms with Crippen molar-refractivity contribution in [3.05, 3.63) is 28.0 Å². The lowest BCUT2D eigenvalue weighted by Crippen LogP contribution is -2.39. The van der Waals surface area contributed by atoms with Crippen LogP contribution in [-0.4, -0.2) is 21.5 Å². The Labute approximate surface area is 141 Å². The fourth-order valence-electron chi connectivity index (χ4n) is 3.41. The average molecular weight is 331 g/mol. The average Bonchev–Trinajstić information content (AvgIpc) is 2.80. The molecule has 0 atom stereocenters. The van der Waals surface area contributed by atoms with Crippen LogP contribution in [0.25, 0.3) is 11.1 Å². The van der Waals surface area contributed by atoms with Crippen molar-refractivity contribution in [3.63, 3.8) is 0 Å². The normalized spacial score (nSPS) is 16.8. The summed E-state index contributed by atoms with van der Waals surface area (Å²) >= 11 is 0. The topological polar surface area (TPSA) is 77.1 Å². The number of furan rings is 1. The van der Waals surface area contributed by atoms with E-state index in [-0.39, 0.29) is 24.1 Å². The van der Waals surface area contributed by atoms with Gasteiger partial charge in [0.1, 0.15) is 24.0 Å². The van der Waals surface area contributed by atoms with E-state index < -0.39 is 0 Å². The molecule has 1 amide bonds. The molecule has 6 heteroatoms. The van der Waals surface area contributed by atoms with Crippen molar-refractivity contribution in [3.8, 4) is 0 Å². The zero-order valence-corrected chi connectivity index (χ0v) is 14.4. The summed E-state index contributed by atoms with van der Waals surface area (Å²) in [5.74, 6) is 0.563. The number of amides is 1. The minimum Gasteiger partial charge on any atom is -0.443 e. The third kappa shape index (κ3) is 3.52. The Bertz CT molecular complexity index is 783. The highest BCUT2D eigenvalue weighted by Crippen LogP contribution is 2.19. The first kappa shape index (κ1) is 16.7. The molecule has 2 heterocycles. The predicted molar refractivity (Wildman–Crippen MR) is 92.0 cm³/mol. The van der Waals surface area contributed by atoms with Gasteiger partial charge in [-0.2, -0.15) is 0 Å². The van der Waals surface area contributed by atoms with Crippen LogP contribution in [0.15, 0.2) is 15.5 Å². The molecule has 2 aromatic rings. The Balaban J connectivity index is 1.72. The van der Waals surface area contributed by atoms with E-state index in [1.165, 1.54) is 30.2 Å². The summed E-state index contributed by atoms with van der Waals surface area (Å²) in [5, 5.41) is 3.55. The van der Waals surface area contributed by atoms with Crippen molar-refractivity contribution in [2.45, 2.75) is 71.4 Å². The molecule has 1 N–H and O–H groups in total. The number of nitrogens with zero attached hydrogens (tertiary/aromatic N) is 2. The van der Waals surface area contributed by atoms with Gasteiger partial charge < -0.3 is 9.73 Å². The number of hydrogen-bond donors (Lipinski definition) is 1. The molecule has 130 valence electrons. The number of carbonyl (C=O) groups excluding carboxylic acids is 1. The predicted octanol–water partition coefficient (Wildman–Crippen LogP) is 2.84. The summed E-state index contributed by atoms with van der Waals surface area (Å²) in [6, 6.07) is 0.225. The summed E-state index contributed by atoms with van der Waals surface area (Å²) in [7, 11) is 0. The number of aromatic nitrogens is 2. The van der Waals surface area contributed by atoms with E-state index in [9.17, 15) is 9.59 Å². The van der Waals surface area contributed by atoms with Crippen LogP contribution in [0.5, 0.6) is 0 Å². The first-order valence-electron chi connectivity index (χ1n) is 8.81. The van der Waals surface area contributed by atoms with E-state index in [4.69, 9.17) is 4.42 Å². The largest absolute Gasteiger partial charge is 0.443 e. The monoisotopic (exact) mass is 331 g/mol. The number of hydrogen-bond acceptors (Lipinski definition) is 4. The van der Waals surface area contributed by atoms with Gasteiger partial charge in [0, 0.05) is 11.6 Å². The Hall–Kier alpha value is -2.11. The van der Waals surface area contributed by atoms with Crippen molar-refractivity contribution in [1.82, 2.24) is 14.9 Å². The van der Waals surface area contributed by atoms with Gasteiger partial charge in [0.15, 0.2) is 0 Å². The van der Waals surface area contributed by atoms with E-state index >= 15 is 0 Å². The van der Waals surface area contributed by atoms with Crippen molar-refractivity contribution >= 4 is 17.0 Å². The van der Waals surface area contributed by atoms with Gasteiger partial charge in [-0.15, -0.1) is 0 Å². The van der Waals surface area contributed by atoms with Gasteiger partial charge in [0.2, 0.25) is 11.6 Å². The lowest BCUT2D eigenvalue weighted by atomic mass is 9.97. The fraction of sp³-hybridized carbons (Fsp3) is 0.611. The molecule has 0 bridgehead atoms. The van der Waals surface area contributed by atoms with Gasteiger partial charge in [-0.1, -0.05) is 32.1 Å². The van der Waals surface area contributed by atoms with Crippen LogP contribution in [0.2, 0.25) is 0 Å². The van der Waals surface area contributed by atoms with Crippen molar-refractivity contribution in [2.24, 2.45) is 0 Å². The number of fused-ring (bicyclic) bond motifs is 1. The Morgan fingerprint density at radius 1 is 1.25 bits per heavy atom. The molecule has 0 aromatic carbocycles. The quantitative estimate of drug-likeness (QED) is 0.938. The molecule has 0 spiro atoms. The van der Waals surface area contributed by atoms with E-state index in [1.54, 1.807) is 0 Å². The standard InChI is InChI=1S/C18H25N3O3/c1-12-13(2)24-17-16(12)18(23)21(11-19-17)10-15(22)20-14-8-6-4-3-5-7-9-14/h11,14H,3-10H2,1-2H3,(H,20,22). The molecule has 2 aromatic heterocycles. The molecule has 0 radical (unpaired) electrons. The molecular weight excluding hydrogens is 306 g/mol. The van der Waals surface area contributed by atoms with Crippen LogP contribution in [0.4, 0.5) is 0 Å². The molecule has 6 nitrogen and oxygen atoms in total. The van der Waals surface area contributed by atoms with Crippen LogP contribution in [-0.2, 0) is 11.3 Å². The fourth-order valence-corrected chi connectivity index (χ4v) is 3.41. The summed E-state index contributed by atoms with van der Waals surface area (Å²) < 4.78 is 6.83. The van der Waals surface area contributed by atoms with Crippen molar-refractivity contribution in [2.75, 3.05) is 0 Å². The van der Waals surface area contributed by atoms with Gasteiger partial charge >= 0.3 is 0 Å². The summed E-state index contributed by atoms with van der Waals surface area (Å²) in [6.07, 6.45) is 9.54. The minimum absolute atomic E-state index is 0.00193. The van der Waals surface area contributed by atoms with Crippen LogP contribution >= 0.6 is 0 Å². The maximum atomic E-state index is 12.6. The third-order valence-electron chi connectivity index (χ3n) is 4.94. The number of nitrogens with one attached hydrogen (secondary N) is 1. The van der Waals surface area contributed by atoms with Gasteiger partial charge in [-0.25, -0.2) is 4.98 Å². The number of aryl methyl sites for hydroxylation is 2. The highest BCUT2D eigenvalue weighted by molar-refractivity contribution is 5.79.